The number of ether oxygens (including phenoxy) is 1. The number of amides is 1. The Balaban J connectivity index is 2.11. The molecule has 0 radical (unpaired) electrons. The first-order chi connectivity index (χ1) is 14.4. The van der Waals surface area contributed by atoms with Gasteiger partial charge in [0.25, 0.3) is 11.5 Å². The summed E-state index contributed by atoms with van der Waals surface area (Å²) in [6, 6.07) is 11.7. The van der Waals surface area contributed by atoms with Crippen molar-refractivity contribution in [2.75, 3.05) is 13.7 Å². The van der Waals surface area contributed by atoms with Crippen LogP contribution in [0.4, 0.5) is 0 Å². The topological polar surface area (TPSA) is 64.4 Å². The SMILES string of the molecule is CCCN(C(=O)c1cccc(OC)c1)C(C)c1nc2cc(Cl)ccc2c(=O)n1CC. The highest BCUT2D eigenvalue weighted by Crippen LogP contribution is 2.25. The Morgan fingerprint density at radius 3 is 2.67 bits per heavy atom. The van der Waals surface area contributed by atoms with E-state index in [2.05, 4.69) is 0 Å². The van der Waals surface area contributed by atoms with Gasteiger partial charge in [0.2, 0.25) is 0 Å². The quantitative estimate of drug-likeness (QED) is 0.548. The predicted octanol–water partition coefficient (Wildman–Crippen LogP) is 4.69. The average Bonchev–Trinajstić information content (AvgIpc) is 2.76. The van der Waals surface area contributed by atoms with E-state index in [9.17, 15) is 9.59 Å². The van der Waals surface area contributed by atoms with Crippen molar-refractivity contribution in [2.24, 2.45) is 0 Å². The Morgan fingerprint density at radius 1 is 1.23 bits per heavy atom. The molecule has 1 unspecified atom stereocenters. The standard InChI is InChI=1S/C23H26ClN3O3/c1-5-12-27(22(28)16-8-7-9-18(13-16)30-4)15(3)21-25-20-14-17(24)10-11-19(20)23(29)26(21)6-2/h7-11,13-15H,5-6,12H2,1-4H3. The minimum Gasteiger partial charge on any atom is -0.497 e. The summed E-state index contributed by atoms with van der Waals surface area (Å²) in [5.41, 5.74) is 0.930. The van der Waals surface area contributed by atoms with Gasteiger partial charge in [0, 0.05) is 23.7 Å². The third-order valence-corrected chi connectivity index (χ3v) is 5.38. The summed E-state index contributed by atoms with van der Waals surface area (Å²) in [4.78, 5) is 32.9. The fraction of sp³-hybridized carbons (Fsp3) is 0.348. The van der Waals surface area contributed by atoms with Crippen LogP contribution in [0.15, 0.2) is 47.3 Å². The molecule has 6 nitrogen and oxygen atoms in total. The van der Waals surface area contributed by atoms with Gasteiger partial charge < -0.3 is 9.64 Å². The maximum absolute atomic E-state index is 13.4. The monoisotopic (exact) mass is 427 g/mol. The summed E-state index contributed by atoms with van der Waals surface area (Å²) in [5, 5.41) is 1.03. The van der Waals surface area contributed by atoms with Crippen LogP contribution in [0.3, 0.4) is 0 Å². The lowest BCUT2D eigenvalue weighted by molar-refractivity contribution is 0.0679. The van der Waals surface area contributed by atoms with E-state index < -0.39 is 6.04 Å². The Morgan fingerprint density at radius 2 is 2.00 bits per heavy atom. The van der Waals surface area contributed by atoms with Crippen molar-refractivity contribution in [2.45, 2.75) is 39.8 Å². The molecule has 0 saturated heterocycles. The summed E-state index contributed by atoms with van der Waals surface area (Å²) in [7, 11) is 1.57. The molecule has 0 aliphatic heterocycles. The predicted molar refractivity (Wildman–Crippen MR) is 119 cm³/mol. The molecule has 0 aliphatic carbocycles. The van der Waals surface area contributed by atoms with Crippen LogP contribution in [0.25, 0.3) is 10.9 Å². The van der Waals surface area contributed by atoms with Crippen LogP contribution >= 0.6 is 11.6 Å². The number of aromatic nitrogens is 2. The summed E-state index contributed by atoms with van der Waals surface area (Å²) in [6.45, 7) is 6.80. The minimum absolute atomic E-state index is 0.133. The molecule has 0 N–H and O–H groups in total. The first kappa shape index (κ1) is 21.8. The van der Waals surface area contributed by atoms with Crippen LogP contribution in [0.5, 0.6) is 5.75 Å². The molecule has 0 aliphatic rings. The third kappa shape index (κ3) is 4.19. The second-order valence-electron chi connectivity index (χ2n) is 7.09. The molecule has 0 fully saturated rings. The summed E-state index contributed by atoms with van der Waals surface area (Å²) < 4.78 is 6.89. The molecule has 3 aromatic rings. The van der Waals surface area contributed by atoms with Gasteiger partial charge in [-0.3, -0.25) is 14.2 Å². The first-order valence-electron chi connectivity index (χ1n) is 10.1. The van der Waals surface area contributed by atoms with E-state index in [-0.39, 0.29) is 11.5 Å². The van der Waals surface area contributed by atoms with E-state index in [1.165, 1.54) is 0 Å². The molecule has 1 atom stereocenters. The number of methoxy groups -OCH3 is 1. The Bertz CT molecular complexity index is 1130. The molecule has 7 heteroatoms. The van der Waals surface area contributed by atoms with Crippen LogP contribution in [0.1, 0.15) is 49.4 Å². The zero-order valence-electron chi connectivity index (χ0n) is 17.7. The van der Waals surface area contributed by atoms with Crippen molar-refractivity contribution >= 4 is 28.4 Å². The molecule has 2 aromatic carbocycles. The fourth-order valence-corrected chi connectivity index (χ4v) is 3.78. The van der Waals surface area contributed by atoms with Crippen molar-refractivity contribution in [1.29, 1.82) is 0 Å². The van der Waals surface area contributed by atoms with E-state index in [1.807, 2.05) is 20.8 Å². The van der Waals surface area contributed by atoms with Crippen LogP contribution in [-0.4, -0.2) is 34.0 Å². The number of carbonyl (C=O) groups excluding carboxylic acids is 1. The Hall–Kier alpha value is -2.86. The van der Waals surface area contributed by atoms with Gasteiger partial charge in [-0.15, -0.1) is 0 Å². The molecular weight excluding hydrogens is 402 g/mol. The van der Waals surface area contributed by atoms with E-state index in [0.29, 0.717) is 46.2 Å². The van der Waals surface area contributed by atoms with Crippen molar-refractivity contribution in [3.8, 4) is 5.75 Å². The number of halogens is 1. The van der Waals surface area contributed by atoms with Gasteiger partial charge in [0.1, 0.15) is 11.6 Å². The average molecular weight is 428 g/mol. The molecule has 0 saturated carbocycles. The zero-order chi connectivity index (χ0) is 21.8. The highest BCUT2D eigenvalue weighted by atomic mass is 35.5. The molecule has 1 aromatic heterocycles. The molecule has 158 valence electrons. The number of nitrogens with zero attached hydrogens (tertiary/aromatic N) is 3. The largest absolute Gasteiger partial charge is 0.497 e. The lowest BCUT2D eigenvalue weighted by atomic mass is 10.1. The van der Waals surface area contributed by atoms with Crippen molar-refractivity contribution in [3.63, 3.8) is 0 Å². The van der Waals surface area contributed by atoms with E-state index in [0.717, 1.165) is 6.42 Å². The first-order valence-corrected chi connectivity index (χ1v) is 10.4. The number of rotatable bonds is 7. The third-order valence-electron chi connectivity index (χ3n) is 5.15. The van der Waals surface area contributed by atoms with Crippen molar-refractivity contribution in [1.82, 2.24) is 14.5 Å². The summed E-state index contributed by atoms with van der Waals surface area (Å²) in [5.74, 6) is 1.03. The van der Waals surface area contributed by atoms with Gasteiger partial charge in [-0.05, 0) is 56.7 Å². The van der Waals surface area contributed by atoms with Gasteiger partial charge in [-0.1, -0.05) is 24.6 Å². The van der Waals surface area contributed by atoms with Gasteiger partial charge >= 0.3 is 0 Å². The molecule has 1 heterocycles. The van der Waals surface area contributed by atoms with Crippen molar-refractivity contribution in [3.05, 3.63) is 69.2 Å². The Kier molecular flexibility index (Phi) is 6.77. The van der Waals surface area contributed by atoms with Crippen LogP contribution < -0.4 is 10.3 Å². The molecule has 0 spiro atoms. The van der Waals surface area contributed by atoms with E-state index >= 15 is 0 Å². The smallest absolute Gasteiger partial charge is 0.261 e. The molecular formula is C23H26ClN3O3. The number of hydrogen-bond donors (Lipinski definition) is 0. The Labute approximate surface area is 181 Å². The second kappa shape index (κ2) is 9.30. The molecule has 30 heavy (non-hydrogen) atoms. The number of benzene rings is 2. The molecule has 0 bridgehead atoms. The number of hydrogen-bond acceptors (Lipinski definition) is 4. The van der Waals surface area contributed by atoms with Crippen LogP contribution in [0, 0.1) is 0 Å². The maximum atomic E-state index is 13.4. The summed E-state index contributed by atoms with van der Waals surface area (Å²) in [6.07, 6.45) is 0.774. The van der Waals surface area contributed by atoms with Gasteiger partial charge in [0.05, 0.1) is 24.1 Å². The highest BCUT2D eigenvalue weighted by Gasteiger charge is 2.26. The highest BCUT2D eigenvalue weighted by molar-refractivity contribution is 6.31. The molecule has 3 rings (SSSR count). The number of carbonyl (C=O) groups is 1. The van der Waals surface area contributed by atoms with E-state index in [4.69, 9.17) is 21.3 Å². The van der Waals surface area contributed by atoms with Crippen molar-refractivity contribution < 1.29 is 9.53 Å². The van der Waals surface area contributed by atoms with E-state index in [1.54, 1.807) is 59.0 Å². The lowest BCUT2D eigenvalue weighted by Crippen LogP contribution is -2.38. The molecule has 1 amide bonds. The zero-order valence-corrected chi connectivity index (χ0v) is 18.4. The summed E-state index contributed by atoms with van der Waals surface area (Å²) >= 11 is 6.12. The van der Waals surface area contributed by atoms with Crippen LogP contribution in [0.2, 0.25) is 5.02 Å². The lowest BCUT2D eigenvalue weighted by Gasteiger charge is -2.30. The number of fused-ring (bicyclic) bond motifs is 1. The van der Waals surface area contributed by atoms with Crippen LogP contribution in [-0.2, 0) is 6.54 Å². The van der Waals surface area contributed by atoms with Gasteiger partial charge in [0.15, 0.2) is 0 Å². The normalized spacial score (nSPS) is 12.0. The maximum Gasteiger partial charge on any atom is 0.261 e. The fourth-order valence-electron chi connectivity index (χ4n) is 3.61. The van der Waals surface area contributed by atoms with Gasteiger partial charge in [-0.2, -0.15) is 0 Å². The minimum atomic E-state index is -0.403. The van der Waals surface area contributed by atoms with Gasteiger partial charge in [-0.25, -0.2) is 4.98 Å². The second-order valence-corrected chi connectivity index (χ2v) is 7.52.